The third-order valence-electron chi connectivity index (χ3n) is 5.29. The van der Waals surface area contributed by atoms with Crippen molar-refractivity contribution in [1.29, 1.82) is 0 Å². The van der Waals surface area contributed by atoms with Crippen molar-refractivity contribution in [3.05, 3.63) is 0 Å². The highest BCUT2D eigenvalue weighted by molar-refractivity contribution is 5.67. The summed E-state index contributed by atoms with van der Waals surface area (Å²) in [6, 6.07) is 0. The lowest BCUT2D eigenvalue weighted by Gasteiger charge is -2.38. The molecule has 0 aliphatic heterocycles. The molecule has 2 fully saturated rings. The quantitative estimate of drug-likeness (QED) is 0.710. The number of rotatable bonds is 2. The fraction of sp³-hybridized carbons (Fsp3) is 0.857. The van der Waals surface area contributed by atoms with E-state index in [1.165, 1.54) is 13.8 Å². The minimum absolute atomic E-state index is 0.0211. The summed E-state index contributed by atoms with van der Waals surface area (Å²) >= 11 is 0. The molecular formula is C14H22O4. The molecule has 0 saturated heterocycles. The number of carbonyl (C=O) groups excluding carboxylic acids is 2. The van der Waals surface area contributed by atoms with E-state index in [9.17, 15) is 9.59 Å². The molecule has 4 nitrogen and oxygen atoms in total. The van der Waals surface area contributed by atoms with Crippen molar-refractivity contribution >= 4 is 11.9 Å². The fourth-order valence-corrected chi connectivity index (χ4v) is 3.93. The van der Waals surface area contributed by atoms with Gasteiger partial charge in [-0.25, -0.2) is 0 Å². The molecule has 0 aromatic rings. The molecule has 0 aromatic carbocycles. The van der Waals surface area contributed by atoms with Gasteiger partial charge >= 0.3 is 11.9 Å². The highest BCUT2D eigenvalue weighted by Gasteiger charge is 2.69. The van der Waals surface area contributed by atoms with Gasteiger partial charge in [0.25, 0.3) is 0 Å². The van der Waals surface area contributed by atoms with Gasteiger partial charge in [-0.3, -0.25) is 9.59 Å². The Morgan fingerprint density at radius 2 is 1.61 bits per heavy atom. The summed E-state index contributed by atoms with van der Waals surface area (Å²) in [5, 5.41) is 0. The number of carbonyl (C=O) groups is 2. The monoisotopic (exact) mass is 254 g/mol. The Bertz CT molecular complexity index is 387. The second-order valence-electron chi connectivity index (χ2n) is 6.39. The van der Waals surface area contributed by atoms with Crippen molar-refractivity contribution < 1.29 is 19.1 Å². The maximum absolute atomic E-state index is 11.3. The number of ether oxygens (including phenoxy) is 2. The van der Waals surface area contributed by atoms with Gasteiger partial charge in [0.05, 0.1) is 0 Å². The van der Waals surface area contributed by atoms with Gasteiger partial charge in [0.15, 0.2) is 0 Å². The Morgan fingerprint density at radius 1 is 1.06 bits per heavy atom. The van der Waals surface area contributed by atoms with Gasteiger partial charge in [-0.15, -0.1) is 0 Å². The van der Waals surface area contributed by atoms with Crippen LogP contribution in [0.25, 0.3) is 0 Å². The van der Waals surface area contributed by atoms with Crippen LogP contribution in [0.1, 0.15) is 47.5 Å². The first-order valence-corrected chi connectivity index (χ1v) is 6.54. The van der Waals surface area contributed by atoms with Crippen molar-refractivity contribution in [3.63, 3.8) is 0 Å². The molecule has 0 aromatic heterocycles. The molecule has 0 amide bonds. The van der Waals surface area contributed by atoms with Crippen molar-refractivity contribution in [2.45, 2.75) is 59.7 Å². The van der Waals surface area contributed by atoms with E-state index in [4.69, 9.17) is 9.47 Å². The number of fused-ring (bicyclic) bond motifs is 2. The maximum atomic E-state index is 11.3. The molecule has 0 heterocycles. The summed E-state index contributed by atoms with van der Waals surface area (Å²) in [7, 11) is 0. The molecule has 102 valence electrons. The first kappa shape index (κ1) is 13.4. The normalized spacial score (nSPS) is 40.6. The number of hydrogen-bond donors (Lipinski definition) is 0. The summed E-state index contributed by atoms with van der Waals surface area (Å²) in [6.45, 7) is 9.33. The van der Waals surface area contributed by atoms with Crippen LogP contribution in [0.3, 0.4) is 0 Å². The smallest absolute Gasteiger partial charge is 0.303 e. The predicted molar refractivity (Wildman–Crippen MR) is 65.7 cm³/mol. The van der Waals surface area contributed by atoms with Crippen LogP contribution in [0.15, 0.2) is 0 Å². The standard InChI is InChI=1S/C14H22O4/c1-8(15)17-11-10-6-7-14(5,13(10,3)4)12(11)18-9(2)16/h10-12H,6-7H2,1-5H3/t10-,11-,12+,14+/m0/s1. The Morgan fingerprint density at radius 3 is 2.11 bits per heavy atom. The van der Waals surface area contributed by atoms with E-state index in [-0.39, 0.29) is 40.9 Å². The van der Waals surface area contributed by atoms with E-state index >= 15 is 0 Å². The molecule has 2 rings (SSSR count). The highest BCUT2D eigenvalue weighted by atomic mass is 16.6. The molecule has 0 unspecified atom stereocenters. The van der Waals surface area contributed by atoms with Crippen LogP contribution in [0.5, 0.6) is 0 Å². The molecule has 2 bridgehead atoms. The lowest BCUT2D eigenvalue weighted by molar-refractivity contribution is -0.175. The van der Waals surface area contributed by atoms with Gasteiger partial charge in [-0.1, -0.05) is 20.8 Å². The van der Waals surface area contributed by atoms with Gasteiger partial charge in [-0.05, 0) is 18.3 Å². The van der Waals surface area contributed by atoms with Crippen LogP contribution >= 0.6 is 0 Å². The van der Waals surface area contributed by atoms with Gasteiger partial charge < -0.3 is 9.47 Å². The average molecular weight is 254 g/mol. The van der Waals surface area contributed by atoms with Crippen molar-refractivity contribution in [3.8, 4) is 0 Å². The average Bonchev–Trinajstić information content (AvgIpc) is 2.50. The SMILES string of the molecule is CC(=O)O[C@@H]1[C@@H](OC(C)=O)[C@@]2(C)CC[C@@H]1C2(C)C. The second-order valence-corrected chi connectivity index (χ2v) is 6.39. The molecule has 0 radical (unpaired) electrons. The molecule has 2 aliphatic rings. The summed E-state index contributed by atoms with van der Waals surface area (Å²) in [5.41, 5.74) is -0.0866. The summed E-state index contributed by atoms with van der Waals surface area (Å²) in [6.07, 6.45) is 1.44. The lowest BCUT2D eigenvalue weighted by Crippen LogP contribution is -2.44. The van der Waals surface area contributed by atoms with E-state index < -0.39 is 0 Å². The maximum Gasteiger partial charge on any atom is 0.303 e. The number of esters is 2. The fourth-order valence-electron chi connectivity index (χ4n) is 3.93. The third kappa shape index (κ3) is 1.65. The van der Waals surface area contributed by atoms with Gasteiger partial charge in [0, 0.05) is 25.2 Å². The third-order valence-corrected chi connectivity index (χ3v) is 5.29. The zero-order valence-electron chi connectivity index (χ0n) is 11.8. The minimum Gasteiger partial charge on any atom is -0.458 e. The molecule has 4 heteroatoms. The Labute approximate surface area is 108 Å². The minimum atomic E-state index is -0.312. The van der Waals surface area contributed by atoms with Crippen LogP contribution in [-0.2, 0) is 19.1 Å². The highest BCUT2D eigenvalue weighted by Crippen LogP contribution is 2.66. The van der Waals surface area contributed by atoms with Crippen LogP contribution in [0, 0.1) is 16.7 Å². The summed E-state index contributed by atoms with van der Waals surface area (Å²) < 4.78 is 10.9. The molecule has 0 spiro atoms. The van der Waals surface area contributed by atoms with Crippen molar-refractivity contribution in [1.82, 2.24) is 0 Å². The zero-order valence-corrected chi connectivity index (χ0v) is 11.8. The molecule has 4 atom stereocenters. The molecule has 2 aliphatic carbocycles. The van der Waals surface area contributed by atoms with E-state index in [2.05, 4.69) is 20.8 Å². The van der Waals surface area contributed by atoms with E-state index in [1.807, 2.05) is 0 Å². The first-order chi connectivity index (χ1) is 8.20. The number of hydrogen-bond acceptors (Lipinski definition) is 4. The molecule has 0 N–H and O–H groups in total. The van der Waals surface area contributed by atoms with Gasteiger partial charge in [0.2, 0.25) is 0 Å². The van der Waals surface area contributed by atoms with Gasteiger partial charge in [-0.2, -0.15) is 0 Å². The molecular weight excluding hydrogens is 232 g/mol. The summed E-state index contributed by atoms with van der Waals surface area (Å²) in [4.78, 5) is 22.6. The summed E-state index contributed by atoms with van der Waals surface area (Å²) in [5.74, 6) is -0.332. The van der Waals surface area contributed by atoms with Gasteiger partial charge in [0.1, 0.15) is 12.2 Å². The van der Waals surface area contributed by atoms with E-state index in [1.54, 1.807) is 0 Å². The predicted octanol–water partition coefficient (Wildman–Crippen LogP) is 2.31. The largest absolute Gasteiger partial charge is 0.458 e. The first-order valence-electron chi connectivity index (χ1n) is 6.54. The molecule has 2 saturated carbocycles. The van der Waals surface area contributed by atoms with E-state index in [0.29, 0.717) is 0 Å². The van der Waals surface area contributed by atoms with Crippen molar-refractivity contribution in [2.24, 2.45) is 16.7 Å². The van der Waals surface area contributed by atoms with Crippen LogP contribution in [0.4, 0.5) is 0 Å². The topological polar surface area (TPSA) is 52.6 Å². The molecule has 18 heavy (non-hydrogen) atoms. The Hall–Kier alpha value is -1.06. The Kier molecular flexibility index (Phi) is 2.95. The van der Waals surface area contributed by atoms with E-state index in [0.717, 1.165) is 12.8 Å². The Balaban J connectivity index is 2.34. The second kappa shape index (κ2) is 3.97. The van der Waals surface area contributed by atoms with Crippen LogP contribution in [-0.4, -0.2) is 24.1 Å². The lowest BCUT2D eigenvalue weighted by atomic mass is 9.70. The zero-order chi connectivity index (χ0) is 13.7. The van der Waals surface area contributed by atoms with Crippen LogP contribution < -0.4 is 0 Å². The van der Waals surface area contributed by atoms with Crippen LogP contribution in [0.2, 0.25) is 0 Å². The van der Waals surface area contributed by atoms with Crippen molar-refractivity contribution in [2.75, 3.05) is 0 Å².